The summed E-state index contributed by atoms with van der Waals surface area (Å²) in [6.45, 7) is 4.11. The largest absolute Gasteiger partial charge is 0.396 e. The molecular weight excluding hydrogens is 160 g/mol. The first-order valence-corrected chi connectivity index (χ1v) is 5.58. The van der Waals surface area contributed by atoms with Crippen molar-refractivity contribution in [1.82, 2.24) is 0 Å². The smallest absolute Gasteiger partial charge is 0.146 e. The van der Waals surface area contributed by atoms with E-state index in [1.165, 1.54) is 6.07 Å². The monoisotopic (exact) mass is 171 g/mol. The summed E-state index contributed by atoms with van der Waals surface area (Å²) in [5.41, 5.74) is 5.83. The number of halogens is 1. The maximum absolute atomic E-state index is 12.8. The van der Waals surface area contributed by atoms with Gasteiger partial charge < -0.3 is 5.73 Å². The van der Waals surface area contributed by atoms with Crippen molar-refractivity contribution in [2.75, 3.05) is 19.1 Å². The van der Waals surface area contributed by atoms with E-state index in [1.54, 1.807) is 6.07 Å². The van der Waals surface area contributed by atoms with Crippen LogP contribution in [0.15, 0.2) is 18.2 Å². The summed E-state index contributed by atoms with van der Waals surface area (Å²) in [5.74, 6) is -0.307. The van der Waals surface area contributed by atoms with Crippen molar-refractivity contribution in [3.8, 4) is 0 Å². The number of rotatable bonds is 1. The first-order valence-electron chi connectivity index (χ1n) is 3.34. The quantitative estimate of drug-likeness (QED) is 0.505. The Morgan fingerprint density at radius 1 is 1.36 bits per heavy atom. The van der Waals surface area contributed by atoms with Gasteiger partial charge in [0.1, 0.15) is 5.82 Å². The zero-order valence-electron chi connectivity index (χ0n) is 6.63. The summed E-state index contributed by atoms with van der Waals surface area (Å²) >= 11 is 0. The molecule has 1 rings (SSSR count). The van der Waals surface area contributed by atoms with Crippen LogP contribution in [0.1, 0.15) is 0 Å². The third kappa shape index (κ3) is 1.69. The van der Waals surface area contributed by atoms with Crippen LogP contribution in [0.2, 0.25) is 0 Å². The molecule has 0 saturated carbocycles. The average molecular weight is 171 g/mol. The molecule has 0 aliphatic heterocycles. The van der Waals surface area contributed by atoms with Gasteiger partial charge in [0.25, 0.3) is 0 Å². The summed E-state index contributed by atoms with van der Waals surface area (Å²) in [5, 5.41) is 0.944. The lowest BCUT2D eigenvalue weighted by molar-refractivity contribution is 0.633. The molecule has 1 aromatic rings. The SMILES string of the molecule is CP(C)c1cccc(F)c1N. The van der Waals surface area contributed by atoms with E-state index in [-0.39, 0.29) is 13.7 Å². The van der Waals surface area contributed by atoms with E-state index in [2.05, 4.69) is 13.3 Å². The number of benzene rings is 1. The molecule has 0 spiro atoms. The fourth-order valence-electron chi connectivity index (χ4n) is 0.916. The van der Waals surface area contributed by atoms with E-state index < -0.39 is 0 Å². The Balaban J connectivity index is 3.17. The van der Waals surface area contributed by atoms with Gasteiger partial charge in [-0.3, -0.25) is 0 Å². The van der Waals surface area contributed by atoms with Gasteiger partial charge in [0.05, 0.1) is 5.69 Å². The van der Waals surface area contributed by atoms with Crippen molar-refractivity contribution in [2.45, 2.75) is 0 Å². The zero-order valence-corrected chi connectivity index (χ0v) is 7.53. The van der Waals surface area contributed by atoms with Gasteiger partial charge in [-0.05, 0) is 19.4 Å². The average Bonchev–Trinajstić information content (AvgIpc) is 1.94. The molecular formula is C8H11FNP. The molecule has 0 atom stereocenters. The number of nitrogen functional groups attached to an aromatic ring is 1. The van der Waals surface area contributed by atoms with E-state index in [0.29, 0.717) is 5.69 Å². The highest BCUT2D eigenvalue weighted by Crippen LogP contribution is 2.27. The zero-order chi connectivity index (χ0) is 8.43. The standard InChI is InChI=1S/C8H11FNP/c1-11(2)7-5-3-4-6(9)8(7)10/h3-5H,10H2,1-2H3. The Morgan fingerprint density at radius 2 is 2.00 bits per heavy atom. The van der Waals surface area contributed by atoms with Crippen LogP contribution in [0.4, 0.5) is 10.1 Å². The van der Waals surface area contributed by atoms with Crippen LogP contribution in [-0.2, 0) is 0 Å². The molecule has 0 aliphatic rings. The molecule has 0 saturated heterocycles. The lowest BCUT2D eigenvalue weighted by Gasteiger charge is -2.09. The van der Waals surface area contributed by atoms with Crippen molar-refractivity contribution < 1.29 is 4.39 Å². The van der Waals surface area contributed by atoms with Crippen molar-refractivity contribution >= 4 is 18.9 Å². The van der Waals surface area contributed by atoms with E-state index >= 15 is 0 Å². The van der Waals surface area contributed by atoms with Gasteiger partial charge in [0, 0.05) is 5.30 Å². The van der Waals surface area contributed by atoms with Crippen LogP contribution in [0, 0.1) is 5.82 Å². The molecule has 3 heteroatoms. The van der Waals surface area contributed by atoms with Crippen molar-refractivity contribution in [3.63, 3.8) is 0 Å². The molecule has 2 N–H and O–H groups in total. The van der Waals surface area contributed by atoms with Gasteiger partial charge in [0.15, 0.2) is 0 Å². The van der Waals surface area contributed by atoms with Gasteiger partial charge in [-0.1, -0.05) is 20.1 Å². The first-order chi connectivity index (χ1) is 5.13. The number of hydrogen-bond acceptors (Lipinski definition) is 1. The summed E-state index contributed by atoms with van der Waals surface area (Å²) in [6.07, 6.45) is 0. The minimum Gasteiger partial charge on any atom is -0.396 e. The Kier molecular flexibility index (Phi) is 2.45. The van der Waals surface area contributed by atoms with Crippen molar-refractivity contribution in [3.05, 3.63) is 24.0 Å². The van der Waals surface area contributed by atoms with Crippen LogP contribution in [0.5, 0.6) is 0 Å². The number of nitrogens with two attached hydrogens (primary N) is 1. The highest BCUT2D eigenvalue weighted by atomic mass is 31.1. The fourth-order valence-corrected chi connectivity index (χ4v) is 1.89. The van der Waals surface area contributed by atoms with E-state index in [0.717, 1.165) is 5.30 Å². The van der Waals surface area contributed by atoms with Gasteiger partial charge >= 0.3 is 0 Å². The summed E-state index contributed by atoms with van der Waals surface area (Å²) in [7, 11) is -0.298. The number of hydrogen-bond donors (Lipinski definition) is 1. The van der Waals surface area contributed by atoms with Crippen molar-refractivity contribution in [2.24, 2.45) is 0 Å². The molecule has 0 radical (unpaired) electrons. The summed E-state index contributed by atoms with van der Waals surface area (Å²) in [4.78, 5) is 0. The third-order valence-corrected chi connectivity index (χ3v) is 2.87. The van der Waals surface area contributed by atoms with Crippen LogP contribution < -0.4 is 11.0 Å². The third-order valence-electron chi connectivity index (χ3n) is 1.51. The van der Waals surface area contributed by atoms with Gasteiger partial charge in [-0.25, -0.2) is 4.39 Å². The first kappa shape index (κ1) is 8.48. The second kappa shape index (κ2) is 3.19. The second-order valence-corrected chi connectivity index (χ2v) is 4.84. The summed E-state index contributed by atoms with van der Waals surface area (Å²) in [6, 6.07) is 4.96. The maximum atomic E-state index is 12.8. The molecule has 60 valence electrons. The molecule has 0 unspecified atom stereocenters. The van der Waals surface area contributed by atoms with Crippen LogP contribution in [-0.4, -0.2) is 13.3 Å². The topological polar surface area (TPSA) is 26.0 Å². The minimum atomic E-state index is -0.307. The van der Waals surface area contributed by atoms with Crippen LogP contribution >= 0.6 is 7.92 Å². The Morgan fingerprint density at radius 3 is 2.45 bits per heavy atom. The summed E-state index contributed by atoms with van der Waals surface area (Å²) < 4.78 is 12.8. The normalized spacial score (nSPS) is 10.5. The van der Waals surface area contributed by atoms with Crippen molar-refractivity contribution in [1.29, 1.82) is 0 Å². The minimum absolute atomic E-state index is 0.298. The molecule has 0 bridgehead atoms. The molecule has 0 aliphatic carbocycles. The van der Waals surface area contributed by atoms with Gasteiger partial charge in [-0.2, -0.15) is 0 Å². The predicted molar refractivity (Wildman–Crippen MR) is 49.2 cm³/mol. The maximum Gasteiger partial charge on any atom is 0.146 e. The van der Waals surface area contributed by atoms with E-state index in [1.807, 2.05) is 6.07 Å². The molecule has 11 heavy (non-hydrogen) atoms. The second-order valence-electron chi connectivity index (χ2n) is 2.57. The number of anilines is 1. The fraction of sp³-hybridized carbons (Fsp3) is 0.250. The predicted octanol–water partition coefficient (Wildman–Crippen LogP) is 1.77. The Hall–Kier alpha value is -0.620. The van der Waals surface area contributed by atoms with Crippen LogP contribution in [0.3, 0.4) is 0 Å². The highest BCUT2D eigenvalue weighted by molar-refractivity contribution is 7.64. The molecule has 1 nitrogen and oxygen atoms in total. The Labute approximate surface area is 67.2 Å². The van der Waals surface area contributed by atoms with Crippen LogP contribution in [0.25, 0.3) is 0 Å². The molecule has 0 heterocycles. The van der Waals surface area contributed by atoms with E-state index in [4.69, 9.17) is 5.73 Å². The Bertz CT molecular complexity index is 260. The molecule has 0 fully saturated rings. The van der Waals surface area contributed by atoms with Gasteiger partial charge in [-0.15, -0.1) is 0 Å². The lowest BCUT2D eigenvalue weighted by atomic mass is 10.3. The molecule has 1 aromatic carbocycles. The lowest BCUT2D eigenvalue weighted by Crippen LogP contribution is -2.08. The molecule has 0 aromatic heterocycles. The molecule has 0 amide bonds. The van der Waals surface area contributed by atoms with Gasteiger partial charge in [0.2, 0.25) is 0 Å². The van der Waals surface area contributed by atoms with E-state index in [9.17, 15) is 4.39 Å². The number of para-hydroxylation sites is 1. The highest BCUT2D eigenvalue weighted by Gasteiger charge is 2.06.